The number of aryl methyl sites for hydroxylation is 1. The Bertz CT molecular complexity index is 1860. The summed E-state index contributed by atoms with van der Waals surface area (Å²) in [6.45, 7) is 15.7. The summed E-state index contributed by atoms with van der Waals surface area (Å²) in [5.74, 6) is -1.04. The molecule has 2 aromatic carbocycles. The smallest absolute Gasteiger partial charge is 0.280 e. The van der Waals surface area contributed by atoms with E-state index in [1.807, 2.05) is 6.92 Å². The summed E-state index contributed by atoms with van der Waals surface area (Å²) in [6, 6.07) is 13.3. The second-order valence-electron chi connectivity index (χ2n) is 11.4. The SMILES string of the molecule is C=CCNC(=O)c1c([Si](C)(C)C)sc(C)c1C.CO/N=C(/C1=NOCCO1)c1ccccc1Oc1ncnc(Oc2ccccc2Cl)c1F. The molecule has 0 saturated heterocycles. The fourth-order valence-electron chi connectivity index (χ4n) is 4.36. The molecule has 0 saturated carbocycles. The van der Waals surface area contributed by atoms with Crippen LogP contribution >= 0.6 is 22.9 Å². The molecule has 1 N–H and O–H groups in total. The van der Waals surface area contributed by atoms with E-state index in [4.69, 9.17) is 35.5 Å². The second kappa shape index (κ2) is 17.0. The Morgan fingerprint density at radius 1 is 1.08 bits per heavy atom. The average Bonchev–Trinajstić information content (AvgIpc) is 3.40. The molecule has 0 fully saturated rings. The molecule has 5 rings (SSSR count). The molecule has 0 aliphatic carbocycles. The summed E-state index contributed by atoms with van der Waals surface area (Å²) in [5.41, 5.74) is 2.65. The molecule has 1 aliphatic rings. The molecule has 2 aromatic heterocycles. The number of ether oxygens (including phenoxy) is 3. The highest BCUT2D eigenvalue weighted by Gasteiger charge is 2.28. The van der Waals surface area contributed by atoms with Gasteiger partial charge in [0.1, 0.15) is 31.5 Å². The van der Waals surface area contributed by atoms with Crippen molar-refractivity contribution in [3.05, 3.63) is 99.9 Å². The Morgan fingerprint density at radius 3 is 2.35 bits per heavy atom. The number of para-hydroxylation sites is 2. The molecule has 49 heavy (non-hydrogen) atoms. The summed E-state index contributed by atoms with van der Waals surface area (Å²) in [6.07, 6.45) is 2.82. The van der Waals surface area contributed by atoms with E-state index < -0.39 is 13.9 Å². The summed E-state index contributed by atoms with van der Waals surface area (Å²) in [5, 5.41) is 11.0. The van der Waals surface area contributed by atoms with E-state index >= 15 is 4.39 Å². The zero-order valence-electron chi connectivity index (χ0n) is 28.0. The van der Waals surface area contributed by atoms with Crippen LogP contribution < -0.4 is 19.3 Å². The van der Waals surface area contributed by atoms with Crippen molar-refractivity contribution in [2.45, 2.75) is 33.5 Å². The number of carbonyl (C=O) groups excluding carboxylic acids is 1. The highest BCUT2D eigenvalue weighted by molar-refractivity contribution is 7.27. The molecule has 0 radical (unpaired) electrons. The molecule has 258 valence electrons. The van der Waals surface area contributed by atoms with Crippen LogP contribution in [0.1, 0.15) is 26.4 Å². The number of nitrogens with one attached hydrogen (secondary N) is 1. The summed E-state index contributed by atoms with van der Waals surface area (Å²) >= 11 is 7.86. The Balaban J connectivity index is 0.000000269. The molecule has 15 heteroatoms. The number of nitrogens with zero attached hydrogens (tertiary/aromatic N) is 4. The lowest BCUT2D eigenvalue weighted by Gasteiger charge is -2.17. The van der Waals surface area contributed by atoms with E-state index in [2.05, 4.69) is 58.7 Å². The monoisotopic (exact) mass is 725 g/mol. The first-order chi connectivity index (χ1) is 23.5. The maximum atomic E-state index is 15.1. The third-order valence-electron chi connectivity index (χ3n) is 6.76. The van der Waals surface area contributed by atoms with Crippen LogP contribution in [-0.4, -0.2) is 62.4 Å². The lowest BCUT2D eigenvalue weighted by atomic mass is 10.1. The number of aromatic nitrogens is 2. The van der Waals surface area contributed by atoms with Crippen LogP contribution in [0.4, 0.5) is 4.39 Å². The fourth-order valence-corrected chi connectivity index (χ4v) is 8.18. The zero-order chi connectivity index (χ0) is 35.6. The minimum absolute atomic E-state index is 0.0455. The first kappa shape index (κ1) is 37.0. The van der Waals surface area contributed by atoms with Crippen LogP contribution in [0.15, 0.2) is 77.8 Å². The summed E-state index contributed by atoms with van der Waals surface area (Å²) < 4.78 is 33.1. The van der Waals surface area contributed by atoms with Crippen LogP contribution in [0.2, 0.25) is 24.7 Å². The van der Waals surface area contributed by atoms with E-state index in [1.165, 1.54) is 16.5 Å². The van der Waals surface area contributed by atoms with Gasteiger partial charge in [-0.05, 0) is 48.8 Å². The Morgan fingerprint density at radius 2 is 1.73 bits per heavy atom. The molecule has 3 heterocycles. The number of thiophene rings is 1. The van der Waals surface area contributed by atoms with Crippen molar-refractivity contribution in [2.75, 3.05) is 26.9 Å². The highest BCUT2D eigenvalue weighted by atomic mass is 35.5. The van der Waals surface area contributed by atoms with Crippen molar-refractivity contribution in [3.8, 4) is 23.3 Å². The van der Waals surface area contributed by atoms with Crippen molar-refractivity contribution in [2.24, 2.45) is 10.3 Å². The van der Waals surface area contributed by atoms with Gasteiger partial charge in [-0.1, -0.05) is 66.7 Å². The van der Waals surface area contributed by atoms with E-state index in [0.717, 1.165) is 17.5 Å². The number of rotatable bonds is 11. The van der Waals surface area contributed by atoms with Gasteiger partial charge in [-0.3, -0.25) is 4.79 Å². The number of hydrogen-bond donors (Lipinski definition) is 1. The largest absolute Gasteiger partial charge is 0.470 e. The minimum Gasteiger partial charge on any atom is -0.470 e. The number of oxime groups is 2. The molecule has 1 aliphatic heterocycles. The maximum absolute atomic E-state index is 15.1. The molecule has 0 atom stereocenters. The molecule has 0 unspecified atom stereocenters. The van der Waals surface area contributed by atoms with Gasteiger partial charge in [0, 0.05) is 15.9 Å². The van der Waals surface area contributed by atoms with Gasteiger partial charge < -0.3 is 29.2 Å². The van der Waals surface area contributed by atoms with Crippen molar-refractivity contribution >= 4 is 53.0 Å². The van der Waals surface area contributed by atoms with E-state index in [9.17, 15) is 4.79 Å². The predicted molar refractivity (Wildman–Crippen MR) is 192 cm³/mol. The fraction of sp³-hybridized carbons (Fsp3) is 0.265. The summed E-state index contributed by atoms with van der Waals surface area (Å²) in [7, 11) is -0.0874. The van der Waals surface area contributed by atoms with Gasteiger partial charge in [-0.15, -0.1) is 17.9 Å². The van der Waals surface area contributed by atoms with Crippen molar-refractivity contribution in [1.29, 1.82) is 0 Å². The van der Waals surface area contributed by atoms with Crippen LogP contribution in [0, 0.1) is 19.7 Å². The number of benzene rings is 2. The lowest BCUT2D eigenvalue weighted by molar-refractivity contribution is 0.0672. The quantitative estimate of drug-likeness (QED) is 0.0735. The zero-order valence-corrected chi connectivity index (χ0v) is 30.6. The van der Waals surface area contributed by atoms with Crippen LogP contribution in [-0.2, 0) is 14.4 Å². The van der Waals surface area contributed by atoms with Crippen molar-refractivity contribution < 1.29 is 33.1 Å². The van der Waals surface area contributed by atoms with Crippen LogP contribution in [0.5, 0.6) is 23.3 Å². The van der Waals surface area contributed by atoms with Crippen LogP contribution in [0.25, 0.3) is 0 Å². The number of hydrogen-bond acceptors (Lipinski definition) is 11. The van der Waals surface area contributed by atoms with E-state index in [1.54, 1.807) is 65.9 Å². The summed E-state index contributed by atoms with van der Waals surface area (Å²) in [4.78, 5) is 31.1. The van der Waals surface area contributed by atoms with Gasteiger partial charge >= 0.3 is 0 Å². The Labute approximate surface area is 294 Å². The number of carbonyl (C=O) groups is 1. The Hall–Kier alpha value is -4.79. The maximum Gasteiger partial charge on any atom is 0.280 e. The molecule has 1 amide bonds. The first-order valence-electron chi connectivity index (χ1n) is 15.1. The lowest BCUT2D eigenvalue weighted by Crippen LogP contribution is -2.41. The Kier molecular flexibility index (Phi) is 12.9. The number of amides is 1. The van der Waals surface area contributed by atoms with E-state index in [-0.39, 0.29) is 47.4 Å². The van der Waals surface area contributed by atoms with Crippen molar-refractivity contribution in [1.82, 2.24) is 15.3 Å². The standard InChI is InChI=1S/C21H16ClFN4O5.C13H21NOSSi/c1-28-26-18(21-27-30-11-10-29-21)13-6-2-4-8-15(13)31-19-17(23)20(25-12-24-19)32-16-9-5-3-7-14(16)22;1-7-8-14-12(15)11-9(2)10(3)16-13(11)17(4,5)6/h2-9,12H,10-11H2,1H3;7H,1,8H2,2-6H3,(H,14,15)/b26-18+;. The van der Waals surface area contributed by atoms with Gasteiger partial charge in [0.15, 0.2) is 12.3 Å². The van der Waals surface area contributed by atoms with Crippen LogP contribution in [0.3, 0.4) is 0 Å². The van der Waals surface area contributed by atoms with Gasteiger partial charge in [-0.25, -0.2) is 0 Å². The molecule has 11 nitrogen and oxygen atoms in total. The van der Waals surface area contributed by atoms with Gasteiger partial charge in [-0.2, -0.15) is 14.4 Å². The highest BCUT2D eigenvalue weighted by Crippen LogP contribution is 2.34. The average molecular weight is 726 g/mol. The van der Waals surface area contributed by atoms with Gasteiger partial charge in [0.05, 0.1) is 24.2 Å². The minimum atomic E-state index is -1.46. The molecular weight excluding hydrogens is 689 g/mol. The molecule has 4 aromatic rings. The molecular formula is C34H37ClFN5O6SSi. The third-order valence-corrected chi connectivity index (χ3v) is 11.9. The second-order valence-corrected chi connectivity index (χ2v) is 18.4. The van der Waals surface area contributed by atoms with Gasteiger partial charge in [0.2, 0.25) is 5.82 Å². The van der Waals surface area contributed by atoms with E-state index in [0.29, 0.717) is 23.7 Å². The number of halogens is 2. The molecule has 0 bridgehead atoms. The van der Waals surface area contributed by atoms with Crippen molar-refractivity contribution in [3.63, 3.8) is 0 Å². The first-order valence-corrected chi connectivity index (χ1v) is 19.8. The predicted octanol–water partition coefficient (Wildman–Crippen LogP) is 7.39. The third kappa shape index (κ3) is 9.43. The van der Waals surface area contributed by atoms with Gasteiger partial charge in [0.25, 0.3) is 23.6 Å². The topological polar surface area (TPSA) is 126 Å². The normalized spacial score (nSPS) is 12.7. The molecule has 0 spiro atoms.